The van der Waals surface area contributed by atoms with Gasteiger partial charge in [-0.05, 0) is 92.3 Å². The number of nitrogens with one attached hydrogen (secondary N) is 1. The van der Waals surface area contributed by atoms with Gasteiger partial charge in [0.15, 0.2) is 5.78 Å². The van der Waals surface area contributed by atoms with E-state index in [1.807, 2.05) is 44.2 Å². The molecule has 0 radical (unpaired) electrons. The van der Waals surface area contributed by atoms with Crippen LogP contribution in [0.3, 0.4) is 0 Å². The molecular weight excluding hydrogens is 427 g/mol. The molecule has 1 amide bonds. The van der Waals surface area contributed by atoms with Crippen LogP contribution < -0.4 is 10.2 Å². The molecule has 0 spiro atoms. The summed E-state index contributed by atoms with van der Waals surface area (Å²) in [6.45, 7) is 7.56. The van der Waals surface area contributed by atoms with Crippen molar-refractivity contribution in [1.82, 2.24) is 0 Å². The van der Waals surface area contributed by atoms with Crippen molar-refractivity contribution in [2.45, 2.75) is 40.0 Å². The van der Waals surface area contributed by atoms with Gasteiger partial charge in [0.25, 0.3) is 5.91 Å². The van der Waals surface area contributed by atoms with E-state index >= 15 is 0 Å². The van der Waals surface area contributed by atoms with Crippen molar-refractivity contribution in [3.63, 3.8) is 0 Å². The van der Waals surface area contributed by atoms with Crippen molar-refractivity contribution in [3.8, 4) is 0 Å². The lowest BCUT2D eigenvalue weighted by molar-refractivity contribution is 0.0899. The summed E-state index contributed by atoms with van der Waals surface area (Å²) in [6.07, 6.45) is 2.22. The number of ketones is 1. The molecule has 1 saturated heterocycles. The van der Waals surface area contributed by atoms with Gasteiger partial charge in [-0.15, -0.1) is 0 Å². The second-order valence-corrected chi connectivity index (χ2v) is 9.05. The standard InChI is InChI=1S/C29H31FN2O2/c1-4-21-6-5-7-26(29(34)31-25-13-8-19(2)20(3)18-25)27(21)32-16-14-23(15-17-32)28(33)22-9-11-24(30)12-10-22/h5-13,18,23H,4,14-17H2,1-3H3,(H,31,34). The number of hydrogen-bond acceptors (Lipinski definition) is 3. The van der Waals surface area contributed by atoms with Crippen LogP contribution in [0.4, 0.5) is 15.8 Å². The van der Waals surface area contributed by atoms with E-state index < -0.39 is 0 Å². The maximum Gasteiger partial charge on any atom is 0.257 e. The first-order valence-corrected chi connectivity index (χ1v) is 11.9. The Kier molecular flexibility index (Phi) is 7.11. The zero-order valence-electron chi connectivity index (χ0n) is 20.0. The van der Waals surface area contributed by atoms with Crippen LogP contribution in [0.5, 0.6) is 0 Å². The van der Waals surface area contributed by atoms with Crippen LogP contribution in [0.25, 0.3) is 0 Å². The summed E-state index contributed by atoms with van der Waals surface area (Å²) in [5.74, 6) is -0.494. The van der Waals surface area contributed by atoms with E-state index in [1.165, 1.54) is 17.7 Å². The van der Waals surface area contributed by atoms with Gasteiger partial charge in [0.1, 0.15) is 5.82 Å². The number of nitrogens with zero attached hydrogens (tertiary/aromatic N) is 1. The van der Waals surface area contributed by atoms with Crippen LogP contribution in [0.1, 0.15) is 57.2 Å². The van der Waals surface area contributed by atoms with Crippen molar-refractivity contribution >= 4 is 23.1 Å². The summed E-state index contributed by atoms with van der Waals surface area (Å²) in [6, 6.07) is 17.6. The van der Waals surface area contributed by atoms with Crippen molar-refractivity contribution in [3.05, 3.63) is 94.3 Å². The Labute approximate surface area is 200 Å². The largest absolute Gasteiger partial charge is 0.371 e. The molecule has 0 unspecified atom stereocenters. The average Bonchev–Trinajstić information content (AvgIpc) is 2.86. The number of amides is 1. The summed E-state index contributed by atoms with van der Waals surface area (Å²) in [4.78, 5) is 28.4. The van der Waals surface area contributed by atoms with Gasteiger partial charge in [0.2, 0.25) is 0 Å². The minimum Gasteiger partial charge on any atom is -0.371 e. The number of Topliss-reactive ketones (excluding diaryl/α,β-unsaturated/α-hetero) is 1. The lowest BCUT2D eigenvalue weighted by Gasteiger charge is -2.35. The van der Waals surface area contributed by atoms with Crippen molar-refractivity contribution in [2.75, 3.05) is 23.3 Å². The molecule has 176 valence electrons. The van der Waals surface area contributed by atoms with E-state index in [9.17, 15) is 14.0 Å². The third kappa shape index (κ3) is 5.04. The number of rotatable bonds is 6. The molecule has 34 heavy (non-hydrogen) atoms. The second kappa shape index (κ2) is 10.2. The van der Waals surface area contributed by atoms with Gasteiger partial charge in [-0.25, -0.2) is 4.39 Å². The minimum atomic E-state index is -0.339. The normalized spacial score (nSPS) is 14.2. The van der Waals surface area contributed by atoms with Crippen LogP contribution >= 0.6 is 0 Å². The molecule has 5 heteroatoms. The Hall–Kier alpha value is -3.47. The highest BCUT2D eigenvalue weighted by Crippen LogP contribution is 2.32. The maximum absolute atomic E-state index is 13.3. The fourth-order valence-corrected chi connectivity index (χ4v) is 4.67. The molecule has 1 heterocycles. The predicted octanol–water partition coefficient (Wildman–Crippen LogP) is 6.36. The Morgan fingerprint density at radius 2 is 1.68 bits per heavy atom. The molecule has 4 rings (SSSR count). The predicted molar refractivity (Wildman–Crippen MR) is 135 cm³/mol. The minimum absolute atomic E-state index is 0.0659. The number of aryl methyl sites for hydroxylation is 3. The molecule has 3 aromatic carbocycles. The highest BCUT2D eigenvalue weighted by molar-refractivity contribution is 6.08. The van der Waals surface area contributed by atoms with E-state index in [0.29, 0.717) is 37.1 Å². The summed E-state index contributed by atoms with van der Waals surface area (Å²) < 4.78 is 13.2. The molecule has 3 aromatic rings. The number of hydrogen-bond donors (Lipinski definition) is 1. The fraction of sp³-hybridized carbons (Fsp3) is 0.310. The van der Waals surface area contributed by atoms with Crippen molar-refractivity contribution < 1.29 is 14.0 Å². The Morgan fingerprint density at radius 1 is 0.971 bits per heavy atom. The SMILES string of the molecule is CCc1cccc(C(=O)Nc2ccc(C)c(C)c2)c1N1CCC(C(=O)c2ccc(F)cc2)CC1. The summed E-state index contributed by atoms with van der Waals surface area (Å²) in [7, 11) is 0. The number of anilines is 2. The van der Waals surface area contributed by atoms with Gasteiger partial charge in [-0.3, -0.25) is 9.59 Å². The lowest BCUT2D eigenvalue weighted by atomic mass is 9.88. The highest BCUT2D eigenvalue weighted by atomic mass is 19.1. The maximum atomic E-state index is 13.3. The summed E-state index contributed by atoms with van der Waals surface area (Å²) >= 11 is 0. The van der Waals surface area contributed by atoms with Gasteiger partial charge in [0, 0.05) is 30.3 Å². The zero-order valence-corrected chi connectivity index (χ0v) is 20.0. The molecule has 1 aliphatic heterocycles. The van der Waals surface area contributed by atoms with Crippen LogP contribution in [0.2, 0.25) is 0 Å². The molecule has 0 atom stereocenters. The molecule has 1 fully saturated rings. The first-order chi connectivity index (χ1) is 16.4. The van der Waals surface area contributed by atoms with Gasteiger partial charge in [-0.2, -0.15) is 0 Å². The third-order valence-corrected chi connectivity index (χ3v) is 6.82. The first-order valence-electron chi connectivity index (χ1n) is 11.9. The van der Waals surface area contributed by atoms with Crippen LogP contribution in [0.15, 0.2) is 60.7 Å². The van der Waals surface area contributed by atoms with Crippen molar-refractivity contribution in [2.24, 2.45) is 5.92 Å². The number of halogens is 1. The molecule has 4 nitrogen and oxygen atoms in total. The molecule has 0 saturated carbocycles. The zero-order chi connectivity index (χ0) is 24.2. The average molecular weight is 459 g/mol. The Balaban J connectivity index is 1.52. The fourth-order valence-electron chi connectivity index (χ4n) is 4.67. The number of carbonyl (C=O) groups excluding carboxylic acids is 2. The van der Waals surface area contributed by atoms with Crippen LogP contribution in [0, 0.1) is 25.6 Å². The second-order valence-electron chi connectivity index (χ2n) is 9.05. The summed E-state index contributed by atoms with van der Waals surface area (Å²) in [5, 5.41) is 3.06. The van der Waals surface area contributed by atoms with E-state index in [4.69, 9.17) is 0 Å². The van der Waals surface area contributed by atoms with E-state index in [0.717, 1.165) is 28.9 Å². The quantitative estimate of drug-likeness (QED) is 0.438. The highest BCUT2D eigenvalue weighted by Gasteiger charge is 2.29. The molecule has 1 aliphatic rings. The van der Waals surface area contributed by atoms with Gasteiger partial charge >= 0.3 is 0 Å². The third-order valence-electron chi connectivity index (χ3n) is 6.82. The lowest BCUT2D eigenvalue weighted by Crippen LogP contribution is -2.38. The molecule has 0 aromatic heterocycles. The van der Waals surface area contributed by atoms with E-state index in [1.54, 1.807) is 12.1 Å². The summed E-state index contributed by atoms with van der Waals surface area (Å²) in [5.41, 5.74) is 6.39. The van der Waals surface area contributed by atoms with Gasteiger partial charge in [0.05, 0.1) is 11.3 Å². The molecule has 0 bridgehead atoms. The molecule has 0 aliphatic carbocycles. The topological polar surface area (TPSA) is 49.4 Å². The van der Waals surface area contributed by atoms with Crippen LogP contribution in [-0.2, 0) is 6.42 Å². The molecule has 1 N–H and O–H groups in total. The van der Waals surface area contributed by atoms with Gasteiger partial charge < -0.3 is 10.2 Å². The number of para-hydroxylation sites is 1. The number of carbonyl (C=O) groups is 2. The van der Waals surface area contributed by atoms with Gasteiger partial charge in [-0.1, -0.05) is 25.1 Å². The number of benzene rings is 3. The van der Waals surface area contributed by atoms with E-state index in [2.05, 4.69) is 23.2 Å². The first kappa shape index (κ1) is 23.7. The van der Waals surface area contributed by atoms with E-state index in [-0.39, 0.29) is 23.4 Å². The Morgan fingerprint density at radius 3 is 2.32 bits per heavy atom. The smallest absolute Gasteiger partial charge is 0.257 e. The monoisotopic (exact) mass is 458 g/mol. The number of piperidine rings is 1. The molecular formula is C29H31FN2O2. The van der Waals surface area contributed by atoms with Crippen molar-refractivity contribution in [1.29, 1.82) is 0 Å². The van der Waals surface area contributed by atoms with Crippen LogP contribution in [-0.4, -0.2) is 24.8 Å². The Bertz CT molecular complexity index is 1200.